The number of aromatic nitrogens is 2. The average molecular weight is 366 g/mol. The van der Waals surface area contributed by atoms with Crippen LogP contribution in [0.25, 0.3) is 0 Å². The Balaban J connectivity index is 1.73. The van der Waals surface area contributed by atoms with Gasteiger partial charge in [-0.2, -0.15) is 5.10 Å². The number of hydrogen-bond donors (Lipinski definition) is 0. The van der Waals surface area contributed by atoms with Crippen molar-refractivity contribution >= 4 is 11.8 Å². The molecule has 9 heteroatoms. The van der Waals surface area contributed by atoms with Gasteiger partial charge >= 0.3 is 0 Å². The lowest BCUT2D eigenvalue weighted by Gasteiger charge is -2.43. The molecule has 0 radical (unpaired) electrons. The molecule has 0 bridgehead atoms. The van der Waals surface area contributed by atoms with Crippen LogP contribution in [-0.4, -0.2) is 90.3 Å². The number of amides is 2. The fourth-order valence-electron chi connectivity index (χ4n) is 3.30. The normalized spacial score (nSPS) is 23.9. The first-order valence-electron chi connectivity index (χ1n) is 8.93. The number of hydrogen-bond acceptors (Lipinski definition) is 6. The summed E-state index contributed by atoms with van der Waals surface area (Å²) in [4.78, 5) is 28.5. The van der Waals surface area contributed by atoms with E-state index in [0.717, 1.165) is 0 Å². The second-order valence-electron chi connectivity index (χ2n) is 6.52. The Bertz CT molecular complexity index is 649. The van der Waals surface area contributed by atoms with E-state index in [1.807, 2.05) is 6.92 Å². The van der Waals surface area contributed by atoms with Crippen LogP contribution in [0.3, 0.4) is 0 Å². The SMILES string of the molecule is CCn1cc(C(=O)N2CCCOC3(CN(C(=O)COC)CCO3)C2)cn1. The Morgan fingerprint density at radius 3 is 2.73 bits per heavy atom. The Morgan fingerprint density at radius 2 is 2.00 bits per heavy atom. The molecule has 0 saturated carbocycles. The van der Waals surface area contributed by atoms with Gasteiger partial charge in [0.15, 0.2) is 0 Å². The van der Waals surface area contributed by atoms with Crippen LogP contribution in [0.2, 0.25) is 0 Å². The molecule has 3 rings (SSSR count). The fourth-order valence-corrected chi connectivity index (χ4v) is 3.30. The van der Waals surface area contributed by atoms with Crippen molar-refractivity contribution in [2.45, 2.75) is 25.7 Å². The molecule has 1 aromatic rings. The molecule has 3 heterocycles. The predicted molar refractivity (Wildman–Crippen MR) is 91.5 cm³/mol. The molecule has 1 atom stereocenters. The lowest BCUT2D eigenvalue weighted by atomic mass is 10.1. The van der Waals surface area contributed by atoms with Gasteiger partial charge in [0.05, 0.1) is 38.1 Å². The standard InChI is InChI=1S/C17H26N4O5/c1-3-21-10-14(9-18-21)16(23)20-5-4-7-25-17(13-20)12-19(6-8-26-17)15(22)11-24-2/h9-10H,3-8,11-13H2,1-2H3. The van der Waals surface area contributed by atoms with Crippen molar-refractivity contribution in [2.75, 3.05) is 53.1 Å². The second-order valence-corrected chi connectivity index (χ2v) is 6.52. The highest BCUT2D eigenvalue weighted by atomic mass is 16.7. The summed E-state index contributed by atoms with van der Waals surface area (Å²) in [6, 6.07) is 0. The summed E-state index contributed by atoms with van der Waals surface area (Å²) in [5, 5.41) is 4.17. The van der Waals surface area contributed by atoms with Crippen LogP contribution in [0.1, 0.15) is 23.7 Å². The van der Waals surface area contributed by atoms with E-state index in [9.17, 15) is 9.59 Å². The first kappa shape index (κ1) is 18.8. The van der Waals surface area contributed by atoms with E-state index in [-0.39, 0.29) is 31.5 Å². The lowest BCUT2D eigenvalue weighted by molar-refractivity contribution is -0.262. The highest BCUT2D eigenvalue weighted by molar-refractivity contribution is 5.93. The third-order valence-electron chi connectivity index (χ3n) is 4.64. The first-order chi connectivity index (χ1) is 12.6. The van der Waals surface area contributed by atoms with E-state index < -0.39 is 5.79 Å². The number of aryl methyl sites for hydroxylation is 1. The van der Waals surface area contributed by atoms with Crippen molar-refractivity contribution < 1.29 is 23.8 Å². The summed E-state index contributed by atoms with van der Waals surface area (Å²) in [6.45, 7) is 5.17. The summed E-state index contributed by atoms with van der Waals surface area (Å²) < 4.78 is 18.5. The molecule has 0 aromatic carbocycles. The first-order valence-corrected chi connectivity index (χ1v) is 8.93. The highest BCUT2D eigenvalue weighted by Gasteiger charge is 2.43. The molecular formula is C17H26N4O5. The maximum absolute atomic E-state index is 12.9. The molecule has 9 nitrogen and oxygen atoms in total. The van der Waals surface area contributed by atoms with E-state index >= 15 is 0 Å². The Hall–Kier alpha value is -1.97. The van der Waals surface area contributed by atoms with E-state index in [2.05, 4.69) is 5.10 Å². The van der Waals surface area contributed by atoms with Gasteiger partial charge < -0.3 is 24.0 Å². The minimum Gasteiger partial charge on any atom is -0.375 e. The maximum atomic E-state index is 12.9. The number of carbonyl (C=O) groups is 2. The molecule has 1 spiro atoms. The van der Waals surface area contributed by atoms with Gasteiger partial charge in [-0.3, -0.25) is 14.3 Å². The predicted octanol–water partition coefficient (Wildman–Crippen LogP) is -0.0330. The molecule has 0 N–H and O–H groups in total. The van der Waals surface area contributed by atoms with Gasteiger partial charge in [-0.05, 0) is 13.3 Å². The zero-order chi connectivity index (χ0) is 18.6. The van der Waals surface area contributed by atoms with Crippen LogP contribution in [0.15, 0.2) is 12.4 Å². The Kier molecular flexibility index (Phi) is 5.90. The van der Waals surface area contributed by atoms with Crippen LogP contribution in [0.4, 0.5) is 0 Å². The molecule has 26 heavy (non-hydrogen) atoms. The largest absolute Gasteiger partial charge is 0.375 e. The van der Waals surface area contributed by atoms with Crippen LogP contribution >= 0.6 is 0 Å². The van der Waals surface area contributed by atoms with E-state index in [1.165, 1.54) is 7.11 Å². The number of nitrogens with zero attached hydrogens (tertiary/aromatic N) is 4. The fraction of sp³-hybridized carbons (Fsp3) is 0.706. The van der Waals surface area contributed by atoms with E-state index in [4.69, 9.17) is 14.2 Å². The van der Waals surface area contributed by atoms with Crippen molar-refractivity contribution in [3.63, 3.8) is 0 Å². The van der Waals surface area contributed by atoms with Gasteiger partial charge in [-0.25, -0.2) is 0 Å². The zero-order valence-corrected chi connectivity index (χ0v) is 15.3. The van der Waals surface area contributed by atoms with Crippen molar-refractivity contribution in [1.82, 2.24) is 19.6 Å². The van der Waals surface area contributed by atoms with Crippen molar-refractivity contribution in [1.29, 1.82) is 0 Å². The van der Waals surface area contributed by atoms with Crippen LogP contribution in [-0.2, 0) is 25.5 Å². The molecule has 2 saturated heterocycles. The minimum absolute atomic E-state index is 0.0227. The third kappa shape index (κ3) is 4.05. The van der Waals surface area contributed by atoms with Crippen molar-refractivity contribution in [3.8, 4) is 0 Å². The molecule has 1 aromatic heterocycles. The number of rotatable bonds is 4. The smallest absolute Gasteiger partial charge is 0.257 e. The molecule has 1 unspecified atom stereocenters. The molecule has 144 valence electrons. The molecular weight excluding hydrogens is 340 g/mol. The Morgan fingerprint density at radius 1 is 1.23 bits per heavy atom. The van der Waals surface area contributed by atoms with Gasteiger partial charge in [0.2, 0.25) is 11.7 Å². The monoisotopic (exact) mass is 366 g/mol. The number of ether oxygens (including phenoxy) is 3. The molecule has 2 amide bonds. The summed E-state index contributed by atoms with van der Waals surface area (Å²) >= 11 is 0. The molecule has 2 aliphatic rings. The van der Waals surface area contributed by atoms with Gasteiger partial charge in [0, 0.05) is 32.9 Å². The van der Waals surface area contributed by atoms with Crippen molar-refractivity contribution in [2.24, 2.45) is 0 Å². The van der Waals surface area contributed by atoms with Crippen molar-refractivity contribution in [3.05, 3.63) is 18.0 Å². The quantitative estimate of drug-likeness (QED) is 0.744. The van der Waals surface area contributed by atoms with Crippen LogP contribution in [0, 0.1) is 0 Å². The second kappa shape index (κ2) is 8.15. The maximum Gasteiger partial charge on any atom is 0.257 e. The third-order valence-corrected chi connectivity index (χ3v) is 4.64. The molecule has 2 aliphatic heterocycles. The highest BCUT2D eigenvalue weighted by Crippen LogP contribution is 2.25. The lowest BCUT2D eigenvalue weighted by Crippen LogP contribution is -2.60. The minimum atomic E-state index is -0.992. The number of methoxy groups -OCH3 is 1. The van der Waals surface area contributed by atoms with E-state index in [1.54, 1.807) is 26.9 Å². The summed E-state index contributed by atoms with van der Waals surface area (Å²) in [5.41, 5.74) is 0.548. The topological polar surface area (TPSA) is 86.1 Å². The molecule has 2 fully saturated rings. The van der Waals surface area contributed by atoms with Gasteiger partial charge in [0.1, 0.15) is 6.61 Å². The average Bonchev–Trinajstić information content (AvgIpc) is 3.04. The van der Waals surface area contributed by atoms with Gasteiger partial charge in [-0.15, -0.1) is 0 Å². The number of carbonyl (C=O) groups excluding carboxylic acids is 2. The molecule has 0 aliphatic carbocycles. The zero-order valence-electron chi connectivity index (χ0n) is 15.3. The number of morpholine rings is 1. The summed E-state index contributed by atoms with van der Waals surface area (Å²) in [5.74, 6) is -1.20. The summed E-state index contributed by atoms with van der Waals surface area (Å²) in [7, 11) is 1.49. The van der Waals surface area contributed by atoms with Gasteiger partial charge in [-0.1, -0.05) is 0 Å². The van der Waals surface area contributed by atoms with Crippen LogP contribution in [0.5, 0.6) is 0 Å². The summed E-state index contributed by atoms with van der Waals surface area (Å²) in [6.07, 6.45) is 4.04. The Labute approximate surface area is 152 Å². The van der Waals surface area contributed by atoms with E-state index in [0.29, 0.717) is 44.8 Å². The van der Waals surface area contributed by atoms with Crippen LogP contribution < -0.4 is 0 Å². The van der Waals surface area contributed by atoms with Gasteiger partial charge in [0.25, 0.3) is 5.91 Å².